The number of rotatable bonds is 4. The van der Waals surface area contributed by atoms with Crippen LogP contribution in [0.3, 0.4) is 0 Å². The van der Waals surface area contributed by atoms with Crippen molar-refractivity contribution in [3.63, 3.8) is 0 Å². The normalized spacial score (nSPS) is 11.0. The van der Waals surface area contributed by atoms with Gasteiger partial charge >= 0.3 is 0 Å². The van der Waals surface area contributed by atoms with E-state index in [2.05, 4.69) is 61.1 Å². The second-order valence-corrected chi connectivity index (χ2v) is 5.77. The van der Waals surface area contributed by atoms with Gasteiger partial charge in [0.05, 0.1) is 5.52 Å². The lowest BCUT2D eigenvalue weighted by atomic mass is 10.0. The molecule has 0 saturated carbocycles. The molecule has 3 heteroatoms. The average molecular weight is 321 g/mol. The summed E-state index contributed by atoms with van der Waals surface area (Å²) in [7, 11) is 0. The molecule has 0 fully saturated rings. The summed E-state index contributed by atoms with van der Waals surface area (Å²) in [6.07, 6.45) is 2.20. The molecular weight excluding hydrogens is 300 g/mol. The number of hydrogen-bond acceptors (Lipinski definition) is 2. The molecule has 0 atom stereocenters. The van der Waals surface area contributed by atoms with Gasteiger partial charge in [0.15, 0.2) is 0 Å². The van der Waals surface area contributed by atoms with Gasteiger partial charge in [-0.2, -0.15) is 0 Å². The van der Waals surface area contributed by atoms with Gasteiger partial charge in [-0.1, -0.05) is 29.3 Å². The SMILES string of the molecule is CCCc1cc2c(C)c(Br)c(C)cc2nc1NCC. The summed E-state index contributed by atoms with van der Waals surface area (Å²) in [5, 5.41) is 4.64. The summed E-state index contributed by atoms with van der Waals surface area (Å²) in [4.78, 5) is 4.81. The molecule has 0 bridgehead atoms. The van der Waals surface area contributed by atoms with Gasteiger partial charge in [-0.05, 0) is 56.0 Å². The Hall–Kier alpha value is -1.09. The molecule has 0 radical (unpaired) electrons. The van der Waals surface area contributed by atoms with Gasteiger partial charge in [0.2, 0.25) is 0 Å². The van der Waals surface area contributed by atoms with E-state index in [0.717, 1.165) is 30.7 Å². The van der Waals surface area contributed by atoms with Crippen molar-refractivity contribution >= 4 is 32.7 Å². The molecule has 1 aromatic heterocycles. The summed E-state index contributed by atoms with van der Waals surface area (Å²) in [6, 6.07) is 4.45. The molecule has 19 heavy (non-hydrogen) atoms. The van der Waals surface area contributed by atoms with Crippen LogP contribution in [0.1, 0.15) is 37.0 Å². The van der Waals surface area contributed by atoms with Gasteiger partial charge in [0.1, 0.15) is 5.82 Å². The number of aryl methyl sites for hydroxylation is 3. The Balaban J connectivity index is 2.70. The molecule has 0 aliphatic carbocycles. The van der Waals surface area contributed by atoms with Gasteiger partial charge in [-0.15, -0.1) is 0 Å². The highest BCUT2D eigenvalue weighted by atomic mass is 79.9. The third kappa shape index (κ3) is 2.76. The Morgan fingerprint density at radius 3 is 2.58 bits per heavy atom. The first-order valence-electron chi connectivity index (χ1n) is 6.91. The van der Waals surface area contributed by atoms with E-state index in [1.54, 1.807) is 0 Å². The summed E-state index contributed by atoms with van der Waals surface area (Å²) in [5.74, 6) is 1.04. The minimum absolute atomic E-state index is 0.906. The maximum Gasteiger partial charge on any atom is 0.129 e. The van der Waals surface area contributed by atoms with Crippen molar-refractivity contribution < 1.29 is 0 Å². The first-order chi connectivity index (χ1) is 9.08. The van der Waals surface area contributed by atoms with E-state index < -0.39 is 0 Å². The van der Waals surface area contributed by atoms with Crippen LogP contribution < -0.4 is 5.32 Å². The van der Waals surface area contributed by atoms with Crippen LogP contribution in [0.15, 0.2) is 16.6 Å². The van der Waals surface area contributed by atoms with Crippen molar-refractivity contribution in [2.75, 3.05) is 11.9 Å². The van der Waals surface area contributed by atoms with Gasteiger partial charge in [-0.25, -0.2) is 4.98 Å². The second-order valence-electron chi connectivity index (χ2n) is 4.98. The summed E-state index contributed by atoms with van der Waals surface area (Å²) < 4.78 is 1.19. The minimum Gasteiger partial charge on any atom is -0.370 e. The predicted octanol–water partition coefficient (Wildman–Crippen LogP) is 5.00. The fraction of sp³-hybridized carbons (Fsp3) is 0.438. The number of halogens is 1. The lowest BCUT2D eigenvalue weighted by molar-refractivity contribution is 0.915. The number of benzene rings is 1. The first kappa shape index (κ1) is 14.3. The zero-order valence-corrected chi connectivity index (χ0v) is 13.7. The topological polar surface area (TPSA) is 24.9 Å². The third-order valence-corrected chi connectivity index (χ3v) is 4.65. The zero-order valence-electron chi connectivity index (χ0n) is 12.1. The number of aromatic nitrogens is 1. The van der Waals surface area contributed by atoms with E-state index in [1.165, 1.54) is 26.5 Å². The lowest BCUT2D eigenvalue weighted by Gasteiger charge is -2.14. The molecule has 2 aromatic rings. The predicted molar refractivity (Wildman–Crippen MR) is 87.1 cm³/mol. The van der Waals surface area contributed by atoms with Crippen molar-refractivity contribution in [3.8, 4) is 0 Å². The monoisotopic (exact) mass is 320 g/mol. The molecule has 2 rings (SSSR count). The van der Waals surface area contributed by atoms with Crippen molar-refractivity contribution in [1.29, 1.82) is 0 Å². The van der Waals surface area contributed by atoms with E-state index in [0.29, 0.717) is 0 Å². The van der Waals surface area contributed by atoms with E-state index in [1.807, 2.05) is 0 Å². The summed E-state index contributed by atoms with van der Waals surface area (Å²) >= 11 is 3.67. The fourth-order valence-electron chi connectivity index (χ4n) is 2.44. The quantitative estimate of drug-likeness (QED) is 0.857. The maximum absolute atomic E-state index is 4.81. The number of pyridine rings is 1. The Labute approximate surface area is 123 Å². The van der Waals surface area contributed by atoms with E-state index >= 15 is 0 Å². The van der Waals surface area contributed by atoms with E-state index in [4.69, 9.17) is 4.98 Å². The molecule has 1 aromatic carbocycles. The molecule has 0 aliphatic rings. The molecule has 1 N–H and O–H groups in total. The Morgan fingerprint density at radius 2 is 1.95 bits per heavy atom. The van der Waals surface area contributed by atoms with Crippen LogP contribution in [-0.2, 0) is 6.42 Å². The lowest BCUT2D eigenvalue weighted by Crippen LogP contribution is -2.04. The number of nitrogens with one attached hydrogen (secondary N) is 1. The van der Waals surface area contributed by atoms with Crippen molar-refractivity contribution in [1.82, 2.24) is 4.98 Å². The highest BCUT2D eigenvalue weighted by Crippen LogP contribution is 2.31. The molecule has 0 spiro atoms. The largest absolute Gasteiger partial charge is 0.370 e. The van der Waals surface area contributed by atoms with E-state index in [-0.39, 0.29) is 0 Å². The van der Waals surface area contributed by atoms with Gasteiger partial charge in [0.25, 0.3) is 0 Å². The summed E-state index contributed by atoms with van der Waals surface area (Å²) in [5.41, 5.74) is 4.91. The van der Waals surface area contributed by atoms with Crippen LogP contribution in [0.25, 0.3) is 10.9 Å². The zero-order chi connectivity index (χ0) is 14.0. The number of nitrogens with zero attached hydrogens (tertiary/aromatic N) is 1. The fourth-order valence-corrected chi connectivity index (χ4v) is 2.77. The molecule has 0 unspecified atom stereocenters. The second kappa shape index (κ2) is 5.91. The molecule has 0 aliphatic heterocycles. The number of anilines is 1. The van der Waals surface area contributed by atoms with Gasteiger partial charge in [0, 0.05) is 16.4 Å². The van der Waals surface area contributed by atoms with Crippen LogP contribution >= 0.6 is 15.9 Å². The standard InChI is InChI=1S/C16H21BrN2/c1-5-7-12-9-13-11(4)15(17)10(3)8-14(13)19-16(12)18-6-2/h8-9H,5-7H2,1-4H3,(H,18,19). The van der Waals surface area contributed by atoms with E-state index in [9.17, 15) is 0 Å². The van der Waals surface area contributed by atoms with Crippen molar-refractivity contribution in [3.05, 3.63) is 33.3 Å². The first-order valence-corrected chi connectivity index (χ1v) is 7.71. The molecule has 102 valence electrons. The van der Waals surface area contributed by atoms with Crippen LogP contribution in [0.5, 0.6) is 0 Å². The molecule has 2 nitrogen and oxygen atoms in total. The van der Waals surface area contributed by atoms with Crippen LogP contribution in [0.2, 0.25) is 0 Å². The van der Waals surface area contributed by atoms with Crippen molar-refractivity contribution in [2.45, 2.75) is 40.5 Å². The molecule has 0 amide bonds. The van der Waals surface area contributed by atoms with Crippen LogP contribution in [0, 0.1) is 13.8 Å². The average Bonchev–Trinajstić information content (AvgIpc) is 2.38. The maximum atomic E-state index is 4.81. The number of hydrogen-bond donors (Lipinski definition) is 1. The number of fused-ring (bicyclic) bond motifs is 1. The van der Waals surface area contributed by atoms with Crippen LogP contribution in [0.4, 0.5) is 5.82 Å². The Bertz CT molecular complexity index is 605. The highest BCUT2D eigenvalue weighted by Gasteiger charge is 2.10. The smallest absolute Gasteiger partial charge is 0.129 e. The van der Waals surface area contributed by atoms with Crippen LogP contribution in [-0.4, -0.2) is 11.5 Å². The minimum atomic E-state index is 0.906. The highest BCUT2D eigenvalue weighted by molar-refractivity contribution is 9.10. The molecule has 1 heterocycles. The van der Waals surface area contributed by atoms with Crippen molar-refractivity contribution in [2.24, 2.45) is 0 Å². The Kier molecular flexibility index (Phi) is 4.46. The van der Waals surface area contributed by atoms with Gasteiger partial charge in [-0.3, -0.25) is 0 Å². The molecule has 0 saturated heterocycles. The Morgan fingerprint density at radius 1 is 1.21 bits per heavy atom. The molecular formula is C16H21BrN2. The van der Waals surface area contributed by atoms with Gasteiger partial charge < -0.3 is 5.32 Å². The third-order valence-electron chi connectivity index (χ3n) is 3.43. The summed E-state index contributed by atoms with van der Waals surface area (Å²) in [6.45, 7) is 9.50.